The summed E-state index contributed by atoms with van der Waals surface area (Å²) in [7, 11) is 0. The van der Waals surface area contributed by atoms with Crippen LogP contribution in [0.4, 0.5) is 0 Å². The highest BCUT2D eigenvalue weighted by atomic mass is 127. The zero-order valence-electron chi connectivity index (χ0n) is 11.9. The minimum atomic E-state index is 1.21. The summed E-state index contributed by atoms with van der Waals surface area (Å²) in [5.74, 6) is 0. The van der Waals surface area contributed by atoms with E-state index in [0.29, 0.717) is 0 Å². The quantitative estimate of drug-likeness (QED) is 0.184. The molecule has 0 aromatic carbocycles. The van der Waals surface area contributed by atoms with Gasteiger partial charge in [0.2, 0.25) is 0 Å². The van der Waals surface area contributed by atoms with Crippen LogP contribution >= 0.6 is 22.6 Å². The molecular weight excluding hydrogens is 319 g/mol. The van der Waals surface area contributed by atoms with Crippen LogP contribution in [0.5, 0.6) is 0 Å². The summed E-state index contributed by atoms with van der Waals surface area (Å²) in [4.78, 5) is 0. The number of hydrogen-bond acceptors (Lipinski definition) is 0. The van der Waals surface area contributed by atoms with Gasteiger partial charge in [-0.2, -0.15) is 0 Å². The molecule has 0 N–H and O–H groups in total. The molecule has 0 aliphatic carbocycles. The smallest absolute Gasteiger partial charge is 0.000473 e. The minimum absolute atomic E-state index is 1.21. The third kappa shape index (κ3) is 14.1. The second-order valence-corrected chi connectivity index (χ2v) is 6.19. The maximum Gasteiger partial charge on any atom is -0.000473 e. The van der Waals surface area contributed by atoms with Crippen LogP contribution in [-0.2, 0) is 0 Å². The molecule has 0 rings (SSSR count). The van der Waals surface area contributed by atoms with Gasteiger partial charge in [0.25, 0.3) is 0 Å². The summed E-state index contributed by atoms with van der Waals surface area (Å²) in [5, 5.41) is 0. The minimum Gasteiger partial charge on any atom is -0.0864 e. The molecule has 0 radical (unpaired) electrons. The van der Waals surface area contributed by atoms with Crippen molar-refractivity contribution in [3.63, 3.8) is 0 Å². The van der Waals surface area contributed by atoms with E-state index in [4.69, 9.17) is 0 Å². The predicted molar refractivity (Wildman–Crippen MR) is 89.0 cm³/mol. The molecule has 0 nitrogen and oxygen atoms in total. The highest BCUT2D eigenvalue weighted by Crippen LogP contribution is 2.11. The van der Waals surface area contributed by atoms with Crippen LogP contribution in [0.2, 0.25) is 0 Å². The van der Waals surface area contributed by atoms with Crippen LogP contribution in [0.25, 0.3) is 0 Å². The second-order valence-electron chi connectivity index (χ2n) is 5.12. The number of unbranched alkanes of at least 4 members (excludes halogenated alkanes) is 5. The van der Waals surface area contributed by atoms with Crippen molar-refractivity contribution in [2.45, 2.75) is 72.1 Å². The molecule has 0 aliphatic heterocycles. The molecule has 17 heavy (non-hydrogen) atoms. The fourth-order valence-electron chi connectivity index (χ4n) is 1.81. The normalized spacial score (nSPS) is 11.6. The lowest BCUT2D eigenvalue weighted by Gasteiger charge is -2.00. The van der Waals surface area contributed by atoms with Gasteiger partial charge in [0, 0.05) is 0 Å². The summed E-state index contributed by atoms with van der Waals surface area (Å²) in [6.07, 6.45) is 15.5. The molecule has 0 bridgehead atoms. The lowest BCUT2D eigenvalue weighted by molar-refractivity contribution is 0.640. The molecule has 0 saturated carbocycles. The summed E-state index contributed by atoms with van der Waals surface area (Å²) in [6.45, 7) is 6.62. The van der Waals surface area contributed by atoms with Crippen molar-refractivity contribution in [2.75, 3.05) is 4.43 Å². The SMILES string of the molecule is CC(C)=CCCC(C)=CCCCCCCCI. The van der Waals surface area contributed by atoms with Crippen molar-refractivity contribution < 1.29 is 0 Å². The Kier molecular flexibility index (Phi) is 12.8. The first-order chi connectivity index (χ1) is 8.16. The average molecular weight is 348 g/mol. The van der Waals surface area contributed by atoms with Gasteiger partial charge in [-0.3, -0.25) is 0 Å². The molecular formula is C16H29I. The largest absolute Gasteiger partial charge is 0.0864 e. The van der Waals surface area contributed by atoms with Crippen molar-refractivity contribution in [3.8, 4) is 0 Å². The van der Waals surface area contributed by atoms with Gasteiger partial charge in [-0.05, 0) is 57.3 Å². The molecule has 1 heteroatoms. The Bertz CT molecular complexity index is 222. The topological polar surface area (TPSA) is 0 Å². The third-order valence-electron chi connectivity index (χ3n) is 2.92. The monoisotopic (exact) mass is 348 g/mol. The first kappa shape index (κ1) is 17.2. The van der Waals surface area contributed by atoms with E-state index in [0.717, 1.165) is 0 Å². The summed E-state index contributed by atoms with van der Waals surface area (Å²) < 4.78 is 1.32. The third-order valence-corrected chi connectivity index (χ3v) is 3.68. The van der Waals surface area contributed by atoms with Crippen LogP contribution in [0.1, 0.15) is 72.1 Å². The Morgan fingerprint density at radius 2 is 1.47 bits per heavy atom. The van der Waals surface area contributed by atoms with Gasteiger partial charge in [0.05, 0.1) is 0 Å². The molecule has 0 heterocycles. The zero-order valence-corrected chi connectivity index (χ0v) is 14.1. The van der Waals surface area contributed by atoms with Gasteiger partial charge in [0.1, 0.15) is 0 Å². The summed E-state index contributed by atoms with van der Waals surface area (Å²) in [5.41, 5.74) is 3.00. The Balaban J connectivity index is 3.40. The van der Waals surface area contributed by atoms with Crippen molar-refractivity contribution in [2.24, 2.45) is 0 Å². The zero-order chi connectivity index (χ0) is 12.9. The van der Waals surface area contributed by atoms with Gasteiger partial charge < -0.3 is 0 Å². The van der Waals surface area contributed by atoms with Crippen LogP contribution in [0, 0.1) is 0 Å². The number of allylic oxidation sites excluding steroid dienone is 4. The molecule has 0 fully saturated rings. The number of hydrogen-bond donors (Lipinski definition) is 0. The van der Waals surface area contributed by atoms with Crippen LogP contribution in [0.3, 0.4) is 0 Å². The maximum absolute atomic E-state index is 2.47. The Hall–Kier alpha value is 0.210. The van der Waals surface area contributed by atoms with E-state index < -0.39 is 0 Å². The van der Waals surface area contributed by atoms with Gasteiger partial charge in [-0.15, -0.1) is 0 Å². The lowest BCUT2D eigenvalue weighted by atomic mass is 10.1. The van der Waals surface area contributed by atoms with E-state index in [-0.39, 0.29) is 0 Å². The van der Waals surface area contributed by atoms with E-state index in [1.165, 1.54) is 61.4 Å². The van der Waals surface area contributed by atoms with Crippen LogP contribution < -0.4 is 0 Å². The van der Waals surface area contributed by atoms with Crippen molar-refractivity contribution in [1.29, 1.82) is 0 Å². The van der Waals surface area contributed by atoms with Crippen LogP contribution in [0.15, 0.2) is 23.3 Å². The lowest BCUT2D eigenvalue weighted by Crippen LogP contribution is -1.81. The van der Waals surface area contributed by atoms with Gasteiger partial charge in [-0.25, -0.2) is 0 Å². The maximum atomic E-state index is 2.47. The average Bonchev–Trinajstić information content (AvgIpc) is 2.27. The number of rotatable bonds is 10. The van der Waals surface area contributed by atoms with Gasteiger partial charge in [-0.1, -0.05) is 65.2 Å². The molecule has 0 aromatic heterocycles. The molecule has 0 spiro atoms. The molecule has 0 aromatic rings. The Morgan fingerprint density at radius 1 is 0.824 bits per heavy atom. The molecule has 100 valence electrons. The fraction of sp³-hybridized carbons (Fsp3) is 0.750. The van der Waals surface area contributed by atoms with Crippen molar-refractivity contribution in [3.05, 3.63) is 23.3 Å². The van der Waals surface area contributed by atoms with Gasteiger partial charge >= 0.3 is 0 Å². The first-order valence-electron chi connectivity index (χ1n) is 7.01. The van der Waals surface area contributed by atoms with E-state index in [2.05, 4.69) is 55.5 Å². The van der Waals surface area contributed by atoms with E-state index >= 15 is 0 Å². The highest BCUT2D eigenvalue weighted by Gasteiger charge is 1.91. The molecule has 0 saturated heterocycles. The van der Waals surface area contributed by atoms with E-state index in [9.17, 15) is 0 Å². The van der Waals surface area contributed by atoms with Crippen molar-refractivity contribution in [1.82, 2.24) is 0 Å². The number of alkyl halides is 1. The summed E-state index contributed by atoms with van der Waals surface area (Å²) in [6, 6.07) is 0. The first-order valence-corrected chi connectivity index (χ1v) is 8.54. The predicted octanol–water partition coefficient (Wildman–Crippen LogP) is 6.45. The van der Waals surface area contributed by atoms with Crippen LogP contribution in [-0.4, -0.2) is 4.43 Å². The van der Waals surface area contributed by atoms with Crippen molar-refractivity contribution >= 4 is 22.6 Å². The van der Waals surface area contributed by atoms with E-state index in [1.807, 2.05) is 0 Å². The second kappa shape index (κ2) is 12.7. The fourth-order valence-corrected chi connectivity index (χ4v) is 2.35. The Morgan fingerprint density at radius 3 is 2.12 bits per heavy atom. The standard InChI is InChI=1S/C16H29I/c1-15(2)11-10-13-16(3)12-8-6-4-5-7-9-14-17/h11-12H,4-10,13-14H2,1-3H3. The number of halogens is 1. The molecule has 0 unspecified atom stereocenters. The summed E-state index contributed by atoms with van der Waals surface area (Å²) >= 11 is 2.47. The molecule has 0 atom stereocenters. The molecule has 0 aliphatic rings. The molecule has 0 amide bonds. The van der Waals surface area contributed by atoms with Gasteiger partial charge in [0.15, 0.2) is 0 Å². The Labute approximate surface area is 122 Å². The van der Waals surface area contributed by atoms with E-state index in [1.54, 1.807) is 5.57 Å². The highest BCUT2D eigenvalue weighted by molar-refractivity contribution is 14.1.